The molecule has 4 heteroatoms. The molecule has 0 radical (unpaired) electrons. The molecule has 0 saturated heterocycles. The molecule has 0 atom stereocenters. The van der Waals surface area contributed by atoms with Gasteiger partial charge in [0.25, 0.3) is 0 Å². The van der Waals surface area contributed by atoms with Crippen molar-refractivity contribution in [2.45, 2.75) is 6.42 Å². The Balaban J connectivity index is 2.78. The van der Waals surface area contributed by atoms with Gasteiger partial charge < -0.3 is 5.73 Å². The summed E-state index contributed by atoms with van der Waals surface area (Å²) in [7, 11) is 0. The summed E-state index contributed by atoms with van der Waals surface area (Å²) in [6, 6.07) is 5.47. The van der Waals surface area contributed by atoms with Gasteiger partial charge in [-0.15, -0.1) is 11.3 Å². The number of benzene rings is 1. The number of rotatable bonds is 1. The number of nitrogens with two attached hydrogens (primary N) is 1. The Morgan fingerprint density at radius 2 is 2.29 bits per heavy atom. The van der Waals surface area contributed by atoms with E-state index in [-0.39, 0.29) is 12.2 Å². The molecule has 1 aromatic heterocycles. The maximum Gasteiger partial charge on any atom is 0.143 e. The Morgan fingerprint density at radius 3 is 3.00 bits per heavy atom. The molecule has 70 valence electrons. The number of nitriles is 1. The van der Waals surface area contributed by atoms with Gasteiger partial charge in [-0.2, -0.15) is 5.26 Å². The topological polar surface area (TPSA) is 49.8 Å². The third-order valence-electron chi connectivity index (χ3n) is 2.06. The molecule has 2 aromatic rings. The van der Waals surface area contributed by atoms with E-state index in [4.69, 9.17) is 11.0 Å². The zero-order chi connectivity index (χ0) is 10.1. The molecule has 0 unspecified atom stereocenters. The number of halogens is 1. The summed E-state index contributed by atoms with van der Waals surface area (Å²) in [4.78, 5) is 0. The van der Waals surface area contributed by atoms with Gasteiger partial charge >= 0.3 is 0 Å². The number of nitrogen functional groups attached to an aromatic ring is 1. The van der Waals surface area contributed by atoms with Gasteiger partial charge in [-0.05, 0) is 11.6 Å². The van der Waals surface area contributed by atoms with Crippen LogP contribution in [-0.2, 0) is 6.42 Å². The first-order chi connectivity index (χ1) is 6.74. The van der Waals surface area contributed by atoms with Gasteiger partial charge in [-0.25, -0.2) is 4.39 Å². The highest BCUT2D eigenvalue weighted by atomic mass is 32.1. The molecule has 0 amide bonds. The lowest BCUT2D eigenvalue weighted by molar-refractivity contribution is 0.644. The van der Waals surface area contributed by atoms with Crippen LogP contribution in [0.15, 0.2) is 17.5 Å². The number of fused-ring (bicyclic) bond motifs is 1. The molecule has 2 rings (SSSR count). The van der Waals surface area contributed by atoms with E-state index in [1.54, 1.807) is 12.1 Å². The molecule has 2 N–H and O–H groups in total. The maximum absolute atomic E-state index is 13.3. The van der Waals surface area contributed by atoms with Crippen LogP contribution in [0.2, 0.25) is 0 Å². The molecule has 2 nitrogen and oxygen atoms in total. The summed E-state index contributed by atoms with van der Waals surface area (Å²) in [6.45, 7) is 0. The van der Waals surface area contributed by atoms with Crippen molar-refractivity contribution >= 4 is 27.1 Å². The van der Waals surface area contributed by atoms with Crippen molar-refractivity contribution < 1.29 is 4.39 Å². The molecule has 0 aliphatic rings. The molecule has 0 saturated carbocycles. The summed E-state index contributed by atoms with van der Waals surface area (Å²) < 4.78 is 14.1. The summed E-state index contributed by atoms with van der Waals surface area (Å²) >= 11 is 1.29. The minimum atomic E-state index is -0.303. The van der Waals surface area contributed by atoms with E-state index in [1.165, 1.54) is 16.7 Å². The van der Waals surface area contributed by atoms with Crippen molar-refractivity contribution in [3.05, 3.63) is 28.9 Å². The van der Waals surface area contributed by atoms with Crippen LogP contribution in [0, 0.1) is 17.1 Å². The fourth-order valence-corrected chi connectivity index (χ4v) is 2.38. The van der Waals surface area contributed by atoms with Gasteiger partial charge in [0.2, 0.25) is 0 Å². The minimum Gasteiger partial charge on any atom is -0.398 e. The third-order valence-corrected chi connectivity index (χ3v) is 3.09. The highest BCUT2D eigenvalue weighted by Crippen LogP contribution is 2.32. The molecule has 0 bridgehead atoms. The lowest BCUT2D eigenvalue weighted by Gasteiger charge is -2.00. The second-order valence-corrected chi connectivity index (χ2v) is 3.82. The summed E-state index contributed by atoms with van der Waals surface area (Å²) in [5.74, 6) is -0.303. The van der Waals surface area contributed by atoms with Crippen LogP contribution in [0.25, 0.3) is 10.1 Å². The molecule has 0 aliphatic heterocycles. The van der Waals surface area contributed by atoms with E-state index >= 15 is 0 Å². The van der Waals surface area contributed by atoms with Crippen LogP contribution in [0.4, 0.5) is 10.1 Å². The van der Waals surface area contributed by atoms with E-state index in [0.717, 1.165) is 10.3 Å². The normalized spacial score (nSPS) is 10.3. The number of hydrogen-bond donors (Lipinski definition) is 1. The van der Waals surface area contributed by atoms with Gasteiger partial charge in [0, 0.05) is 15.8 Å². The lowest BCUT2D eigenvalue weighted by atomic mass is 10.1. The monoisotopic (exact) mass is 206 g/mol. The second-order valence-electron chi connectivity index (χ2n) is 2.94. The Labute approximate surface area is 84.4 Å². The van der Waals surface area contributed by atoms with Crippen molar-refractivity contribution in [3.63, 3.8) is 0 Å². The third kappa shape index (κ3) is 1.22. The van der Waals surface area contributed by atoms with Crippen LogP contribution in [0.3, 0.4) is 0 Å². The Morgan fingerprint density at radius 1 is 1.50 bits per heavy atom. The van der Waals surface area contributed by atoms with Crippen molar-refractivity contribution in [2.75, 3.05) is 5.73 Å². The van der Waals surface area contributed by atoms with Crippen molar-refractivity contribution in [1.82, 2.24) is 0 Å². The summed E-state index contributed by atoms with van der Waals surface area (Å²) in [5.41, 5.74) is 6.92. The fourth-order valence-electron chi connectivity index (χ4n) is 1.42. The first kappa shape index (κ1) is 8.97. The Hall–Kier alpha value is -1.60. The molecule has 0 aliphatic carbocycles. The second kappa shape index (κ2) is 3.28. The van der Waals surface area contributed by atoms with E-state index in [2.05, 4.69) is 0 Å². The molecule has 0 spiro atoms. The Bertz CT molecular complexity index is 525. The zero-order valence-electron chi connectivity index (χ0n) is 7.25. The maximum atomic E-state index is 13.3. The summed E-state index contributed by atoms with van der Waals surface area (Å²) in [5, 5.41) is 10.5. The van der Waals surface area contributed by atoms with Crippen molar-refractivity contribution in [2.24, 2.45) is 0 Å². The quantitative estimate of drug-likeness (QED) is 0.729. The molecule has 14 heavy (non-hydrogen) atoms. The predicted octanol–water partition coefficient (Wildman–Crippen LogP) is 2.69. The van der Waals surface area contributed by atoms with Gasteiger partial charge in [0.05, 0.1) is 17.9 Å². The largest absolute Gasteiger partial charge is 0.398 e. The van der Waals surface area contributed by atoms with E-state index in [0.29, 0.717) is 11.1 Å². The fraction of sp³-hybridized carbons (Fsp3) is 0.100. The van der Waals surface area contributed by atoms with Crippen LogP contribution >= 0.6 is 11.3 Å². The first-order valence-corrected chi connectivity index (χ1v) is 4.93. The predicted molar refractivity (Wildman–Crippen MR) is 55.5 cm³/mol. The molecule has 0 fully saturated rings. The van der Waals surface area contributed by atoms with Gasteiger partial charge in [0.15, 0.2) is 0 Å². The number of hydrogen-bond acceptors (Lipinski definition) is 3. The molecule has 1 heterocycles. The van der Waals surface area contributed by atoms with Gasteiger partial charge in [0.1, 0.15) is 5.82 Å². The number of thiophene rings is 1. The van der Waals surface area contributed by atoms with Gasteiger partial charge in [-0.1, -0.05) is 6.07 Å². The van der Waals surface area contributed by atoms with Crippen LogP contribution in [-0.4, -0.2) is 0 Å². The van der Waals surface area contributed by atoms with Crippen molar-refractivity contribution in [3.8, 4) is 6.07 Å². The molecular weight excluding hydrogens is 199 g/mol. The smallest absolute Gasteiger partial charge is 0.143 e. The standard InChI is InChI=1S/C10H7FN2S/c11-7-5-14-10-6(3-4-12)1-2-8(13)9(7)10/h1-2,5H,3,13H2. The number of anilines is 1. The van der Waals surface area contributed by atoms with E-state index < -0.39 is 0 Å². The lowest BCUT2D eigenvalue weighted by Crippen LogP contribution is -1.89. The average molecular weight is 206 g/mol. The van der Waals surface area contributed by atoms with Crippen LogP contribution in [0.1, 0.15) is 5.56 Å². The average Bonchev–Trinajstić information content (AvgIpc) is 2.54. The molecular formula is C10H7FN2S. The number of nitrogens with zero attached hydrogens (tertiary/aromatic N) is 1. The highest BCUT2D eigenvalue weighted by molar-refractivity contribution is 7.17. The minimum absolute atomic E-state index is 0.288. The SMILES string of the molecule is N#CCc1ccc(N)c2c(F)csc12. The highest BCUT2D eigenvalue weighted by Gasteiger charge is 2.10. The van der Waals surface area contributed by atoms with Gasteiger partial charge in [-0.3, -0.25) is 0 Å². The summed E-state index contributed by atoms with van der Waals surface area (Å²) in [6.07, 6.45) is 0.288. The zero-order valence-corrected chi connectivity index (χ0v) is 8.07. The van der Waals surface area contributed by atoms with Crippen molar-refractivity contribution in [1.29, 1.82) is 5.26 Å². The Kier molecular flexibility index (Phi) is 2.10. The molecule has 1 aromatic carbocycles. The van der Waals surface area contributed by atoms with Crippen LogP contribution in [0.5, 0.6) is 0 Å². The van der Waals surface area contributed by atoms with E-state index in [9.17, 15) is 4.39 Å². The van der Waals surface area contributed by atoms with Crippen LogP contribution < -0.4 is 5.73 Å². The van der Waals surface area contributed by atoms with E-state index in [1.807, 2.05) is 6.07 Å². The first-order valence-electron chi connectivity index (χ1n) is 4.05.